The summed E-state index contributed by atoms with van der Waals surface area (Å²) in [6.45, 7) is 3.38. The number of ether oxygens (including phenoxy) is 1. The molecule has 1 aliphatic rings. The molecule has 0 saturated carbocycles. The van der Waals surface area contributed by atoms with Gasteiger partial charge in [0.2, 0.25) is 0 Å². The van der Waals surface area contributed by atoms with Crippen LogP contribution in [0, 0.1) is 0 Å². The molecular weight excluding hydrogens is 273 g/mol. The van der Waals surface area contributed by atoms with Crippen molar-refractivity contribution in [3.8, 4) is 5.75 Å². The highest BCUT2D eigenvalue weighted by molar-refractivity contribution is 6.35. The first-order valence-electron chi connectivity index (χ1n) is 5.98. The zero-order valence-electron chi connectivity index (χ0n) is 10.2. The number of amides is 1. The summed E-state index contributed by atoms with van der Waals surface area (Å²) < 4.78 is 5.59. The minimum atomic E-state index is -0.526. The molecule has 5 heteroatoms. The second-order valence-electron chi connectivity index (χ2n) is 4.37. The average Bonchev–Trinajstić information content (AvgIpc) is 2.85. The number of nitrogens with zero attached hydrogens (tertiary/aromatic N) is 1. The van der Waals surface area contributed by atoms with Crippen LogP contribution < -0.4 is 4.74 Å². The first-order chi connectivity index (χ1) is 8.58. The van der Waals surface area contributed by atoms with Crippen molar-refractivity contribution in [3.63, 3.8) is 0 Å². The molecule has 1 heterocycles. The van der Waals surface area contributed by atoms with Crippen molar-refractivity contribution in [1.29, 1.82) is 0 Å². The Morgan fingerprint density at radius 2 is 2.00 bits per heavy atom. The number of carbonyl (C=O) groups is 1. The van der Waals surface area contributed by atoms with Gasteiger partial charge in [-0.3, -0.25) is 4.79 Å². The van der Waals surface area contributed by atoms with E-state index >= 15 is 0 Å². The van der Waals surface area contributed by atoms with Crippen molar-refractivity contribution < 1.29 is 9.53 Å². The summed E-state index contributed by atoms with van der Waals surface area (Å²) in [7, 11) is 0. The molecule has 98 valence electrons. The van der Waals surface area contributed by atoms with Crippen molar-refractivity contribution in [3.05, 3.63) is 28.2 Å². The fourth-order valence-corrected chi connectivity index (χ4v) is 2.46. The van der Waals surface area contributed by atoms with Crippen molar-refractivity contribution in [2.75, 3.05) is 13.1 Å². The van der Waals surface area contributed by atoms with Gasteiger partial charge in [0.05, 0.1) is 5.02 Å². The monoisotopic (exact) mass is 287 g/mol. The summed E-state index contributed by atoms with van der Waals surface area (Å²) in [6.07, 6.45) is 1.61. The molecule has 1 amide bonds. The lowest BCUT2D eigenvalue weighted by Crippen LogP contribution is -2.38. The van der Waals surface area contributed by atoms with Crippen LogP contribution in [0.5, 0.6) is 5.75 Å². The Labute approximate surface area is 117 Å². The maximum absolute atomic E-state index is 12.1. The number of hydrogen-bond donors (Lipinski definition) is 0. The highest BCUT2D eigenvalue weighted by Crippen LogP contribution is 2.28. The molecule has 0 N–H and O–H groups in total. The van der Waals surface area contributed by atoms with E-state index in [1.54, 1.807) is 25.1 Å². The maximum Gasteiger partial charge on any atom is 0.263 e. The first kappa shape index (κ1) is 13.5. The third-order valence-corrected chi connectivity index (χ3v) is 3.49. The summed E-state index contributed by atoms with van der Waals surface area (Å²) >= 11 is 11.8. The highest BCUT2D eigenvalue weighted by Gasteiger charge is 2.24. The van der Waals surface area contributed by atoms with Crippen molar-refractivity contribution >= 4 is 29.1 Å². The number of rotatable bonds is 3. The molecule has 18 heavy (non-hydrogen) atoms. The van der Waals surface area contributed by atoms with Crippen LogP contribution in [0.1, 0.15) is 19.8 Å². The van der Waals surface area contributed by atoms with Crippen LogP contribution in [-0.2, 0) is 4.79 Å². The van der Waals surface area contributed by atoms with Gasteiger partial charge in [-0.15, -0.1) is 0 Å². The second-order valence-corrected chi connectivity index (χ2v) is 5.21. The van der Waals surface area contributed by atoms with E-state index in [1.807, 2.05) is 4.90 Å². The number of likely N-dealkylation sites (tertiary alicyclic amines) is 1. The Balaban J connectivity index is 2.01. The maximum atomic E-state index is 12.1. The van der Waals surface area contributed by atoms with E-state index in [0.29, 0.717) is 15.8 Å². The van der Waals surface area contributed by atoms with E-state index < -0.39 is 6.10 Å². The SMILES string of the molecule is C[C@H](Oc1ccc(Cl)cc1Cl)C(=O)N1CCCC1. The van der Waals surface area contributed by atoms with E-state index in [9.17, 15) is 4.79 Å². The molecule has 0 bridgehead atoms. The fraction of sp³-hybridized carbons (Fsp3) is 0.462. The number of halogens is 2. The molecule has 0 unspecified atom stereocenters. The van der Waals surface area contributed by atoms with E-state index in [-0.39, 0.29) is 5.91 Å². The van der Waals surface area contributed by atoms with Gasteiger partial charge in [0.15, 0.2) is 6.10 Å². The summed E-state index contributed by atoms with van der Waals surface area (Å²) in [5.74, 6) is 0.500. The lowest BCUT2D eigenvalue weighted by Gasteiger charge is -2.21. The van der Waals surface area contributed by atoms with Gasteiger partial charge in [-0.05, 0) is 38.0 Å². The van der Waals surface area contributed by atoms with Gasteiger partial charge < -0.3 is 9.64 Å². The molecule has 1 aromatic rings. The normalized spacial score (nSPS) is 16.7. The topological polar surface area (TPSA) is 29.5 Å². The molecule has 0 spiro atoms. The Morgan fingerprint density at radius 3 is 2.61 bits per heavy atom. The third-order valence-electron chi connectivity index (χ3n) is 2.96. The van der Waals surface area contributed by atoms with Gasteiger partial charge in [-0.2, -0.15) is 0 Å². The Bertz CT molecular complexity index is 445. The smallest absolute Gasteiger partial charge is 0.263 e. The predicted molar refractivity (Wildman–Crippen MR) is 72.4 cm³/mol. The predicted octanol–water partition coefficient (Wildman–Crippen LogP) is 3.38. The van der Waals surface area contributed by atoms with Crippen LogP contribution in [0.2, 0.25) is 10.0 Å². The zero-order valence-corrected chi connectivity index (χ0v) is 11.7. The Morgan fingerprint density at radius 1 is 1.33 bits per heavy atom. The van der Waals surface area contributed by atoms with Crippen LogP contribution in [0.4, 0.5) is 0 Å². The standard InChI is InChI=1S/C13H15Cl2NO2/c1-9(13(17)16-6-2-3-7-16)18-12-5-4-10(14)8-11(12)15/h4-5,8-9H,2-3,6-7H2,1H3/t9-/m0/s1. The molecule has 0 aliphatic carbocycles. The van der Waals surface area contributed by atoms with Crippen molar-refractivity contribution in [1.82, 2.24) is 4.90 Å². The quantitative estimate of drug-likeness (QED) is 0.853. The average molecular weight is 288 g/mol. The van der Waals surface area contributed by atoms with Crippen molar-refractivity contribution in [2.45, 2.75) is 25.9 Å². The van der Waals surface area contributed by atoms with Gasteiger partial charge >= 0.3 is 0 Å². The molecule has 1 fully saturated rings. The largest absolute Gasteiger partial charge is 0.479 e. The lowest BCUT2D eigenvalue weighted by atomic mass is 10.3. The summed E-state index contributed by atoms with van der Waals surface area (Å²) in [5, 5.41) is 0.967. The summed E-state index contributed by atoms with van der Waals surface area (Å²) in [6, 6.07) is 4.97. The molecule has 1 aliphatic heterocycles. The Hall–Kier alpha value is -0.930. The minimum absolute atomic E-state index is 0.0125. The highest BCUT2D eigenvalue weighted by atomic mass is 35.5. The summed E-state index contributed by atoms with van der Waals surface area (Å²) in [4.78, 5) is 13.9. The zero-order chi connectivity index (χ0) is 13.1. The molecule has 1 atom stereocenters. The third kappa shape index (κ3) is 3.09. The van der Waals surface area contributed by atoms with Crippen LogP contribution >= 0.6 is 23.2 Å². The van der Waals surface area contributed by atoms with Gasteiger partial charge in [0.1, 0.15) is 5.75 Å². The van der Waals surface area contributed by atoms with Crippen LogP contribution in [0.25, 0.3) is 0 Å². The van der Waals surface area contributed by atoms with Gasteiger partial charge in [-0.1, -0.05) is 23.2 Å². The van der Waals surface area contributed by atoms with Crippen LogP contribution in [-0.4, -0.2) is 30.0 Å². The number of benzene rings is 1. The van der Waals surface area contributed by atoms with Crippen molar-refractivity contribution in [2.24, 2.45) is 0 Å². The molecule has 3 nitrogen and oxygen atoms in total. The van der Waals surface area contributed by atoms with Crippen LogP contribution in [0.3, 0.4) is 0 Å². The van der Waals surface area contributed by atoms with E-state index in [2.05, 4.69) is 0 Å². The molecule has 1 aromatic carbocycles. The van der Waals surface area contributed by atoms with E-state index in [1.165, 1.54) is 0 Å². The van der Waals surface area contributed by atoms with E-state index in [4.69, 9.17) is 27.9 Å². The molecule has 0 radical (unpaired) electrons. The van der Waals surface area contributed by atoms with Gasteiger partial charge in [0, 0.05) is 18.1 Å². The fourth-order valence-electron chi connectivity index (χ4n) is 2.01. The Kier molecular flexibility index (Phi) is 4.36. The minimum Gasteiger partial charge on any atom is -0.479 e. The molecule has 2 rings (SSSR count). The van der Waals surface area contributed by atoms with Gasteiger partial charge in [-0.25, -0.2) is 0 Å². The summed E-state index contributed by atoms with van der Waals surface area (Å²) in [5.41, 5.74) is 0. The molecular formula is C13H15Cl2NO2. The number of hydrogen-bond acceptors (Lipinski definition) is 2. The van der Waals surface area contributed by atoms with Crippen LogP contribution in [0.15, 0.2) is 18.2 Å². The molecule has 1 saturated heterocycles. The lowest BCUT2D eigenvalue weighted by molar-refractivity contribution is -0.136. The molecule has 0 aromatic heterocycles. The van der Waals surface area contributed by atoms with E-state index in [0.717, 1.165) is 25.9 Å². The second kappa shape index (κ2) is 5.81. The van der Waals surface area contributed by atoms with Gasteiger partial charge in [0.25, 0.3) is 5.91 Å². The first-order valence-corrected chi connectivity index (χ1v) is 6.74. The number of carbonyl (C=O) groups excluding carboxylic acids is 1.